The van der Waals surface area contributed by atoms with Gasteiger partial charge in [0.1, 0.15) is 0 Å². The van der Waals surface area contributed by atoms with Crippen molar-refractivity contribution in [2.45, 2.75) is 12.8 Å². The van der Waals surface area contributed by atoms with Crippen molar-refractivity contribution < 1.29 is 31.9 Å². The first kappa shape index (κ1) is 10.6. The maximum Gasteiger partial charge on any atom is 0 e. The Morgan fingerprint density at radius 3 is 2.00 bits per heavy atom. The maximum absolute atomic E-state index is 2.18. The van der Waals surface area contributed by atoms with Gasteiger partial charge in [-0.15, -0.1) is 0 Å². The van der Waals surface area contributed by atoms with E-state index in [0.29, 0.717) is 0 Å². The molecule has 37 valence electrons. The third-order valence-electron chi connectivity index (χ3n) is 0.772. The van der Waals surface area contributed by atoms with Crippen LogP contribution in [0, 0.1) is 6.42 Å². The molecule has 0 aromatic rings. The number of hydrogen-bond acceptors (Lipinski definition) is 0. The SMILES string of the molecule is [CH]1C=CCC1.[Cl-].[Zn]. The van der Waals surface area contributed by atoms with Gasteiger partial charge in [-0.2, -0.15) is 0 Å². The Bertz CT molecular complexity index is 46.0. The van der Waals surface area contributed by atoms with Gasteiger partial charge in [0, 0.05) is 19.5 Å². The number of hydrogen-bond donors (Lipinski definition) is 0. The molecular weight excluding hydrogens is 161 g/mol. The van der Waals surface area contributed by atoms with E-state index in [-0.39, 0.29) is 31.9 Å². The summed E-state index contributed by atoms with van der Waals surface area (Å²) in [6, 6.07) is 0. The van der Waals surface area contributed by atoms with E-state index in [0.717, 1.165) is 0 Å². The van der Waals surface area contributed by atoms with Crippen molar-refractivity contribution in [3.8, 4) is 0 Å². The van der Waals surface area contributed by atoms with Crippen LogP contribution in [0.25, 0.3) is 0 Å². The summed E-state index contributed by atoms with van der Waals surface area (Å²) in [7, 11) is 0. The Morgan fingerprint density at radius 2 is 1.86 bits per heavy atom. The molecule has 0 atom stereocenters. The second kappa shape index (κ2) is 6.65. The Balaban J connectivity index is 0. The Kier molecular flexibility index (Phi) is 10.1. The van der Waals surface area contributed by atoms with Crippen molar-refractivity contribution in [2.75, 3.05) is 0 Å². The van der Waals surface area contributed by atoms with E-state index in [1.165, 1.54) is 12.8 Å². The summed E-state index contributed by atoms with van der Waals surface area (Å²) in [4.78, 5) is 0. The zero-order valence-corrected chi connectivity index (χ0v) is 7.95. The molecule has 0 spiro atoms. The van der Waals surface area contributed by atoms with Gasteiger partial charge in [0.05, 0.1) is 0 Å². The minimum atomic E-state index is 0. The summed E-state index contributed by atoms with van der Waals surface area (Å²) in [5.74, 6) is 0. The van der Waals surface area contributed by atoms with Crippen LogP contribution in [-0.2, 0) is 19.5 Å². The molecule has 0 saturated heterocycles. The largest absolute Gasteiger partial charge is 1.00 e. The monoisotopic (exact) mass is 166 g/mol. The van der Waals surface area contributed by atoms with Crippen LogP contribution in [0.5, 0.6) is 0 Å². The second-order valence-electron chi connectivity index (χ2n) is 1.24. The van der Waals surface area contributed by atoms with Gasteiger partial charge < -0.3 is 12.4 Å². The molecule has 0 nitrogen and oxygen atoms in total. The molecule has 7 heavy (non-hydrogen) atoms. The molecule has 0 saturated carbocycles. The van der Waals surface area contributed by atoms with Gasteiger partial charge in [-0.3, -0.25) is 0 Å². The molecule has 0 heterocycles. The molecule has 1 aliphatic carbocycles. The predicted molar refractivity (Wildman–Crippen MR) is 22.7 cm³/mol. The summed E-state index contributed by atoms with van der Waals surface area (Å²) >= 11 is 0. The van der Waals surface area contributed by atoms with Crippen molar-refractivity contribution >= 4 is 0 Å². The molecular formula is C5H7ClZn-. The van der Waals surface area contributed by atoms with Crippen molar-refractivity contribution in [3.05, 3.63) is 18.6 Å². The summed E-state index contributed by atoms with van der Waals surface area (Å²) in [5.41, 5.74) is 0. The second-order valence-corrected chi connectivity index (χ2v) is 1.24. The Labute approximate surface area is 63.5 Å². The van der Waals surface area contributed by atoms with E-state index in [1.807, 2.05) is 0 Å². The topological polar surface area (TPSA) is 0 Å². The van der Waals surface area contributed by atoms with E-state index >= 15 is 0 Å². The van der Waals surface area contributed by atoms with Crippen molar-refractivity contribution in [2.24, 2.45) is 0 Å². The summed E-state index contributed by atoms with van der Waals surface area (Å²) in [6.07, 6.45) is 9.00. The van der Waals surface area contributed by atoms with E-state index in [1.54, 1.807) is 0 Å². The molecule has 0 fully saturated rings. The van der Waals surface area contributed by atoms with Crippen LogP contribution in [0.15, 0.2) is 12.2 Å². The molecule has 0 unspecified atom stereocenters. The third kappa shape index (κ3) is 4.51. The van der Waals surface area contributed by atoms with E-state index in [4.69, 9.17) is 0 Å². The van der Waals surface area contributed by atoms with Crippen molar-refractivity contribution in [1.29, 1.82) is 0 Å². The molecule has 1 rings (SSSR count). The molecule has 0 N–H and O–H groups in total. The molecule has 0 bridgehead atoms. The minimum Gasteiger partial charge on any atom is -1.00 e. The van der Waals surface area contributed by atoms with Crippen molar-refractivity contribution in [1.82, 2.24) is 0 Å². The average Bonchev–Trinajstić information content (AvgIpc) is 1.76. The summed E-state index contributed by atoms with van der Waals surface area (Å²) < 4.78 is 0. The first-order valence-electron chi connectivity index (χ1n) is 1.98. The maximum atomic E-state index is 2.18. The first-order valence-corrected chi connectivity index (χ1v) is 1.98. The molecule has 0 aliphatic heterocycles. The van der Waals surface area contributed by atoms with Gasteiger partial charge in [0.2, 0.25) is 0 Å². The van der Waals surface area contributed by atoms with Crippen molar-refractivity contribution in [3.63, 3.8) is 0 Å². The van der Waals surface area contributed by atoms with Crippen LogP contribution in [-0.4, -0.2) is 0 Å². The van der Waals surface area contributed by atoms with Gasteiger partial charge in [-0.05, 0) is 19.3 Å². The van der Waals surface area contributed by atoms with Gasteiger partial charge >= 0.3 is 0 Å². The fourth-order valence-corrected chi connectivity index (χ4v) is 0.481. The van der Waals surface area contributed by atoms with Crippen LogP contribution in [0.1, 0.15) is 12.8 Å². The molecule has 1 aliphatic rings. The number of rotatable bonds is 0. The molecule has 0 amide bonds. The quantitative estimate of drug-likeness (QED) is 0.388. The minimum absolute atomic E-state index is 0. The smallest absolute Gasteiger partial charge is 0 e. The Hall–Kier alpha value is 0.653. The average molecular weight is 168 g/mol. The van der Waals surface area contributed by atoms with Crippen LogP contribution >= 0.6 is 0 Å². The first-order chi connectivity index (χ1) is 2.50. The Morgan fingerprint density at radius 1 is 1.14 bits per heavy atom. The zero-order valence-electron chi connectivity index (χ0n) is 4.23. The zero-order chi connectivity index (χ0) is 3.54. The fraction of sp³-hybridized carbons (Fsp3) is 0.400. The van der Waals surface area contributed by atoms with Crippen LogP contribution in [0.3, 0.4) is 0 Å². The predicted octanol–water partition coefficient (Wildman–Crippen LogP) is -1.46. The summed E-state index contributed by atoms with van der Waals surface area (Å²) in [5, 5.41) is 0. The normalized spacial score (nSPS) is 14.9. The number of halogens is 1. The fourth-order valence-electron chi connectivity index (χ4n) is 0.481. The van der Waals surface area contributed by atoms with E-state index < -0.39 is 0 Å². The summed E-state index contributed by atoms with van der Waals surface area (Å²) in [6.45, 7) is 0. The van der Waals surface area contributed by atoms with E-state index in [2.05, 4.69) is 18.6 Å². The van der Waals surface area contributed by atoms with Gasteiger partial charge in [-0.25, -0.2) is 0 Å². The third-order valence-corrected chi connectivity index (χ3v) is 0.772. The van der Waals surface area contributed by atoms with Crippen LogP contribution in [0.2, 0.25) is 0 Å². The molecule has 0 aromatic heterocycles. The van der Waals surface area contributed by atoms with Gasteiger partial charge in [0.25, 0.3) is 0 Å². The molecule has 2 heteroatoms. The molecule has 0 aromatic carbocycles. The number of allylic oxidation sites excluding steroid dienone is 2. The van der Waals surface area contributed by atoms with Gasteiger partial charge in [0.15, 0.2) is 0 Å². The standard InChI is InChI=1S/C5H7.ClH.Zn/c1-2-4-5-3-1;;/h1-3H,4-5H2;1H;/p-1. The van der Waals surface area contributed by atoms with Crippen LogP contribution < -0.4 is 12.4 Å². The molecule has 1 radical (unpaired) electrons. The van der Waals surface area contributed by atoms with E-state index in [9.17, 15) is 0 Å². The van der Waals surface area contributed by atoms with Gasteiger partial charge in [-0.1, -0.05) is 12.2 Å². The van der Waals surface area contributed by atoms with Crippen LogP contribution in [0.4, 0.5) is 0 Å².